The third-order valence-corrected chi connectivity index (χ3v) is 3.43. The summed E-state index contributed by atoms with van der Waals surface area (Å²) in [5.41, 5.74) is -1.46. The monoisotopic (exact) mass is 306 g/mol. The predicted molar refractivity (Wildman–Crippen MR) is 82.1 cm³/mol. The highest BCUT2D eigenvalue weighted by Crippen LogP contribution is 2.25. The predicted octanol–water partition coefficient (Wildman–Crippen LogP) is 1.42. The van der Waals surface area contributed by atoms with Crippen molar-refractivity contribution in [3.05, 3.63) is 44.9 Å². The topological polar surface area (TPSA) is 110 Å². The molecule has 2 aromatic heterocycles. The van der Waals surface area contributed by atoms with Crippen molar-refractivity contribution in [1.29, 1.82) is 0 Å². The number of aliphatic hydroxyl groups is 1. The van der Waals surface area contributed by atoms with E-state index >= 15 is 0 Å². The minimum absolute atomic E-state index is 0.129. The van der Waals surface area contributed by atoms with Gasteiger partial charge in [0.05, 0.1) is 17.6 Å². The molecule has 0 aliphatic rings. The molecule has 0 aromatic carbocycles. The zero-order valence-electron chi connectivity index (χ0n) is 12.6. The van der Waals surface area contributed by atoms with Gasteiger partial charge in [-0.1, -0.05) is 26.8 Å². The smallest absolute Gasteiger partial charge is 0.376 e. The molecule has 1 atom stereocenters. The van der Waals surface area contributed by atoms with Crippen molar-refractivity contribution in [2.24, 2.45) is 5.41 Å². The maximum absolute atomic E-state index is 12.3. The van der Waals surface area contributed by atoms with Crippen molar-refractivity contribution < 1.29 is 10.0 Å². The fraction of sp³-hybridized carbons (Fsp3) is 0.429. The number of hydrogen-bond acceptors (Lipinski definition) is 6. The fourth-order valence-corrected chi connectivity index (χ4v) is 2.05. The molecule has 0 amide bonds. The summed E-state index contributed by atoms with van der Waals surface area (Å²) in [6.45, 7) is 5.39. The van der Waals surface area contributed by atoms with Crippen molar-refractivity contribution in [3.63, 3.8) is 0 Å². The summed E-state index contributed by atoms with van der Waals surface area (Å²) < 4.78 is 1.12. The Hall–Kier alpha value is -2.48. The van der Waals surface area contributed by atoms with Crippen LogP contribution in [0.1, 0.15) is 20.8 Å². The molecule has 2 N–H and O–H groups in total. The highest BCUT2D eigenvalue weighted by atomic mass is 16.6. The molecule has 0 saturated carbocycles. The summed E-state index contributed by atoms with van der Waals surface area (Å²) in [5.74, 6) is -0.129. The summed E-state index contributed by atoms with van der Waals surface area (Å²) in [6.07, 6.45) is 1.43. The molecule has 2 heterocycles. The zero-order chi connectivity index (χ0) is 16.5. The van der Waals surface area contributed by atoms with Gasteiger partial charge in [-0.3, -0.25) is 19.3 Å². The first kappa shape index (κ1) is 15.9. The largest absolute Gasteiger partial charge is 0.394 e. The molecule has 0 aliphatic carbocycles. The van der Waals surface area contributed by atoms with Crippen LogP contribution in [0.2, 0.25) is 0 Å². The number of fused-ring (bicyclic) bond motifs is 1. The molecule has 8 nitrogen and oxygen atoms in total. The summed E-state index contributed by atoms with van der Waals surface area (Å²) in [7, 11) is 0. The van der Waals surface area contributed by atoms with E-state index in [0.29, 0.717) is 5.65 Å². The van der Waals surface area contributed by atoms with Gasteiger partial charge < -0.3 is 10.4 Å². The lowest BCUT2D eigenvalue weighted by Gasteiger charge is -2.30. The van der Waals surface area contributed by atoms with Gasteiger partial charge in [-0.25, -0.2) is 4.98 Å². The number of pyridine rings is 1. The van der Waals surface area contributed by atoms with Crippen LogP contribution in [-0.4, -0.2) is 32.1 Å². The Morgan fingerprint density at radius 1 is 1.45 bits per heavy atom. The molecule has 0 spiro atoms. The Balaban J connectivity index is 2.64. The molecular formula is C14H18N4O4. The van der Waals surface area contributed by atoms with Crippen LogP contribution in [0.25, 0.3) is 5.65 Å². The number of nitro groups is 1. The molecule has 8 heteroatoms. The molecule has 0 radical (unpaired) electrons. The second-order valence-electron chi connectivity index (χ2n) is 6.05. The van der Waals surface area contributed by atoms with E-state index in [1.54, 1.807) is 18.2 Å². The van der Waals surface area contributed by atoms with Crippen LogP contribution in [0, 0.1) is 15.5 Å². The lowest BCUT2D eigenvalue weighted by molar-refractivity contribution is -0.385. The third kappa shape index (κ3) is 2.91. The van der Waals surface area contributed by atoms with Gasteiger partial charge in [-0.05, 0) is 17.5 Å². The first-order valence-corrected chi connectivity index (χ1v) is 6.79. The standard InChI is InChI=1S/C14H18N4O4/c1-14(2,3)9(8-19)15-12-11(18(21)22)13(20)17-7-5-4-6-10(17)16-12/h4-7,9,15,19H,8H2,1-3H3/t9-/m1/s1. The molecule has 0 unspecified atom stereocenters. The van der Waals surface area contributed by atoms with Gasteiger partial charge in [-0.15, -0.1) is 0 Å². The van der Waals surface area contributed by atoms with E-state index in [-0.39, 0.29) is 17.8 Å². The van der Waals surface area contributed by atoms with Crippen LogP contribution in [0.4, 0.5) is 11.5 Å². The maximum Gasteiger partial charge on any atom is 0.376 e. The molecular weight excluding hydrogens is 288 g/mol. The summed E-state index contributed by atoms with van der Waals surface area (Å²) in [5, 5.41) is 23.6. The van der Waals surface area contributed by atoms with E-state index in [0.717, 1.165) is 4.40 Å². The minimum Gasteiger partial charge on any atom is -0.394 e. The molecule has 0 bridgehead atoms. The van der Waals surface area contributed by atoms with Crippen LogP contribution < -0.4 is 10.9 Å². The zero-order valence-corrected chi connectivity index (χ0v) is 12.6. The minimum atomic E-state index is -0.760. The average Bonchev–Trinajstić information content (AvgIpc) is 2.43. The Labute approximate surface area is 126 Å². The number of aromatic nitrogens is 2. The summed E-state index contributed by atoms with van der Waals surface area (Å²) in [4.78, 5) is 26.9. The van der Waals surface area contributed by atoms with E-state index < -0.39 is 22.2 Å². The number of rotatable bonds is 4. The fourth-order valence-electron chi connectivity index (χ4n) is 2.05. The van der Waals surface area contributed by atoms with Crippen LogP contribution in [-0.2, 0) is 0 Å². The summed E-state index contributed by atoms with van der Waals surface area (Å²) >= 11 is 0. The van der Waals surface area contributed by atoms with Gasteiger partial charge in [-0.2, -0.15) is 0 Å². The van der Waals surface area contributed by atoms with Crippen molar-refractivity contribution >= 4 is 17.2 Å². The van der Waals surface area contributed by atoms with E-state index in [1.165, 1.54) is 6.20 Å². The van der Waals surface area contributed by atoms with Gasteiger partial charge in [0.25, 0.3) is 0 Å². The third-order valence-electron chi connectivity index (χ3n) is 3.43. The summed E-state index contributed by atoms with van der Waals surface area (Å²) in [6, 6.07) is 4.38. The van der Waals surface area contributed by atoms with Crippen LogP contribution in [0.15, 0.2) is 29.2 Å². The lowest BCUT2D eigenvalue weighted by Crippen LogP contribution is -2.38. The molecule has 2 rings (SSSR count). The first-order chi connectivity index (χ1) is 10.3. The normalized spacial score (nSPS) is 13.1. The number of nitrogens with zero attached hydrogens (tertiary/aromatic N) is 3. The van der Waals surface area contributed by atoms with Crippen LogP contribution >= 0.6 is 0 Å². The molecule has 0 saturated heterocycles. The van der Waals surface area contributed by atoms with Crippen molar-refractivity contribution in [1.82, 2.24) is 9.38 Å². The Bertz CT molecular complexity index is 764. The van der Waals surface area contributed by atoms with E-state index in [1.807, 2.05) is 20.8 Å². The molecule has 118 valence electrons. The van der Waals surface area contributed by atoms with Crippen LogP contribution in [0.5, 0.6) is 0 Å². The first-order valence-electron chi connectivity index (χ1n) is 6.79. The number of anilines is 1. The number of aliphatic hydroxyl groups excluding tert-OH is 1. The molecule has 0 fully saturated rings. The van der Waals surface area contributed by atoms with Gasteiger partial charge >= 0.3 is 11.2 Å². The Morgan fingerprint density at radius 3 is 2.68 bits per heavy atom. The SMILES string of the molecule is CC(C)(C)[C@@H](CO)Nc1nc2ccccn2c(=O)c1[N+](=O)[O-]. The Morgan fingerprint density at radius 2 is 2.14 bits per heavy atom. The molecule has 22 heavy (non-hydrogen) atoms. The number of nitrogens with one attached hydrogen (secondary N) is 1. The van der Waals surface area contributed by atoms with Crippen molar-refractivity contribution in [2.45, 2.75) is 26.8 Å². The second-order valence-corrected chi connectivity index (χ2v) is 6.05. The second kappa shape index (κ2) is 5.72. The maximum atomic E-state index is 12.3. The van der Waals surface area contributed by atoms with Crippen LogP contribution in [0.3, 0.4) is 0 Å². The molecule has 2 aromatic rings. The van der Waals surface area contributed by atoms with Gasteiger partial charge in [0.1, 0.15) is 5.65 Å². The highest BCUT2D eigenvalue weighted by molar-refractivity contribution is 5.60. The highest BCUT2D eigenvalue weighted by Gasteiger charge is 2.29. The quantitative estimate of drug-likeness (QED) is 0.653. The van der Waals surface area contributed by atoms with E-state index in [9.17, 15) is 20.0 Å². The lowest BCUT2D eigenvalue weighted by atomic mass is 9.87. The average molecular weight is 306 g/mol. The van der Waals surface area contributed by atoms with Gasteiger partial charge in [0.15, 0.2) is 0 Å². The number of hydrogen-bond donors (Lipinski definition) is 2. The molecule has 0 aliphatic heterocycles. The van der Waals surface area contributed by atoms with Gasteiger partial charge in [0.2, 0.25) is 5.82 Å². The van der Waals surface area contributed by atoms with Crippen molar-refractivity contribution in [3.8, 4) is 0 Å². The van der Waals surface area contributed by atoms with Gasteiger partial charge in [0, 0.05) is 6.20 Å². The van der Waals surface area contributed by atoms with E-state index in [2.05, 4.69) is 10.3 Å². The van der Waals surface area contributed by atoms with Crippen molar-refractivity contribution in [2.75, 3.05) is 11.9 Å². The van der Waals surface area contributed by atoms with E-state index in [4.69, 9.17) is 0 Å². The Kier molecular flexibility index (Phi) is 4.14.